The van der Waals surface area contributed by atoms with Gasteiger partial charge in [0.15, 0.2) is 0 Å². The SMILES string of the molecule is COc1ccccc1C(C)NCCNC(=O)C(C)C. The van der Waals surface area contributed by atoms with E-state index in [-0.39, 0.29) is 17.9 Å². The number of nitrogens with one attached hydrogen (secondary N) is 2. The summed E-state index contributed by atoms with van der Waals surface area (Å²) in [5, 5.41) is 6.26. The first-order valence-electron chi connectivity index (χ1n) is 6.70. The van der Waals surface area contributed by atoms with E-state index < -0.39 is 0 Å². The third kappa shape index (κ3) is 4.91. The second-order valence-corrected chi connectivity index (χ2v) is 4.86. The van der Waals surface area contributed by atoms with Crippen LogP contribution in [0.5, 0.6) is 5.75 Å². The largest absolute Gasteiger partial charge is 0.496 e. The predicted octanol–water partition coefficient (Wildman–Crippen LogP) is 2.12. The highest BCUT2D eigenvalue weighted by molar-refractivity contribution is 5.77. The normalized spacial score (nSPS) is 12.3. The second kappa shape index (κ2) is 7.79. The summed E-state index contributed by atoms with van der Waals surface area (Å²) in [4.78, 5) is 11.4. The van der Waals surface area contributed by atoms with E-state index in [0.717, 1.165) is 17.9 Å². The summed E-state index contributed by atoms with van der Waals surface area (Å²) in [5.74, 6) is 1.01. The van der Waals surface area contributed by atoms with Crippen LogP contribution in [0.2, 0.25) is 0 Å². The number of carbonyl (C=O) groups excluding carboxylic acids is 1. The summed E-state index contributed by atoms with van der Waals surface area (Å²) in [5.41, 5.74) is 1.13. The topological polar surface area (TPSA) is 50.4 Å². The molecule has 4 nitrogen and oxygen atoms in total. The van der Waals surface area contributed by atoms with Crippen LogP contribution in [0, 0.1) is 5.92 Å². The van der Waals surface area contributed by atoms with Gasteiger partial charge in [-0.1, -0.05) is 32.0 Å². The van der Waals surface area contributed by atoms with E-state index in [1.54, 1.807) is 7.11 Å². The lowest BCUT2D eigenvalue weighted by Gasteiger charge is -2.17. The lowest BCUT2D eigenvalue weighted by atomic mass is 10.1. The van der Waals surface area contributed by atoms with Crippen LogP contribution in [0.1, 0.15) is 32.4 Å². The Kier molecular flexibility index (Phi) is 6.36. The van der Waals surface area contributed by atoms with Crippen LogP contribution in [-0.4, -0.2) is 26.1 Å². The van der Waals surface area contributed by atoms with Crippen molar-refractivity contribution in [2.75, 3.05) is 20.2 Å². The number of ether oxygens (including phenoxy) is 1. The Bertz CT molecular complexity index is 405. The van der Waals surface area contributed by atoms with Crippen molar-refractivity contribution in [2.45, 2.75) is 26.8 Å². The molecule has 0 aliphatic carbocycles. The number of rotatable bonds is 7. The van der Waals surface area contributed by atoms with Gasteiger partial charge in [-0.25, -0.2) is 0 Å². The van der Waals surface area contributed by atoms with Gasteiger partial charge in [0.1, 0.15) is 5.75 Å². The van der Waals surface area contributed by atoms with Gasteiger partial charge in [-0.15, -0.1) is 0 Å². The molecule has 0 radical (unpaired) electrons. The molecule has 0 saturated carbocycles. The summed E-state index contributed by atoms with van der Waals surface area (Å²) in [7, 11) is 1.68. The molecule has 0 bridgehead atoms. The van der Waals surface area contributed by atoms with Gasteiger partial charge in [-0.3, -0.25) is 4.79 Å². The smallest absolute Gasteiger partial charge is 0.222 e. The minimum Gasteiger partial charge on any atom is -0.496 e. The number of methoxy groups -OCH3 is 1. The molecule has 19 heavy (non-hydrogen) atoms. The molecule has 1 rings (SSSR count). The second-order valence-electron chi connectivity index (χ2n) is 4.86. The van der Waals surface area contributed by atoms with E-state index in [4.69, 9.17) is 4.74 Å². The monoisotopic (exact) mass is 264 g/mol. The molecule has 0 fully saturated rings. The van der Waals surface area contributed by atoms with Gasteiger partial charge in [-0.2, -0.15) is 0 Å². The fourth-order valence-corrected chi connectivity index (χ4v) is 1.81. The fourth-order valence-electron chi connectivity index (χ4n) is 1.81. The lowest BCUT2D eigenvalue weighted by Crippen LogP contribution is -2.35. The van der Waals surface area contributed by atoms with Gasteiger partial charge in [0.05, 0.1) is 7.11 Å². The number of carbonyl (C=O) groups is 1. The first-order valence-corrected chi connectivity index (χ1v) is 6.70. The lowest BCUT2D eigenvalue weighted by molar-refractivity contribution is -0.123. The molecule has 1 aromatic carbocycles. The van der Waals surface area contributed by atoms with Gasteiger partial charge in [0, 0.05) is 30.6 Å². The maximum absolute atomic E-state index is 11.4. The van der Waals surface area contributed by atoms with Crippen LogP contribution in [0.25, 0.3) is 0 Å². The number of hydrogen-bond donors (Lipinski definition) is 2. The van der Waals surface area contributed by atoms with E-state index >= 15 is 0 Å². The number of benzene rings is 1. The summed E-state index contributed by atoms with van der Waals surface area (Å²) in [6, 6.07) is 8.14. The Morgan fingerprint density at radius 2 is 1.89 bits per heavy atom. The van der Waals surface area contributed by atoms with Crippen molar-refractivity contribution in [3.05, 3.63) is 29.8 Å². The van der Waals surface area contributed by atoms with Gasteiger partial charge >= 0.3 is 0 Å². The summed E-state index contributed by atoms with van der Waals surface area (Å²) < 4.78 is 5.33. The average Bonchev–Trinajstić information content (AvgIpc) is 2.42. The highest BCUT2D eigenvalue weighted by Gasteiger charge is 2.10. The van der Waals surface area contributed by atoms with Gasteiger partial charge < -0.3 is 15.4 Å². The van der Waals surface area contributed by atoms with Crippen molar-refractivity contribution in [2.24, 2.45) is 5.92 Å². The first kappa shape index (κ1) is 15.5. The summed E-state index contributed by atoms with van der Waals surface area (Å²) in [6.07, 6.45) is 0. The first-order chi connectivity index (χ1) is 9.06. The van der Waals surface area contributed by atoms with Crippen LogP contribution in [0.15, 0.2) is 24.3 Å². The Morgan fingerprint density at radius 3 is 2.53 bits per heavy atom. The van der Waals surface area contributed by atoms with Crippen LogP contribution < -0.4 is 15.4 Å². The molecule has 0 spiro atoms. The Morgan fingerprint density at radius 1 is 1.21 bits per heavy atom. The zero-order valence-corrected chi connectivity index (χ0v) is 12.2. The van der Waals surface area contributed by atoms with Crippen LogP contribution >= 0.6 is 0 Å². The molecular weight excluding hydrogens is 240 g/mol. The van der Waals surface area contributed by atoms with E-state index in [1.807, 2.05) is 38.1 Å². The summed E-state index contributed by atoms with van der Waals surface area (Å²) in [6.45, 7) is 7.23. The van der Waals surface area contributed by atoms with Gasteiger partial charge in [0.25, 0.3) is 0 Å². The van der Waals surface area contributed by atoms with Crippen LogP contribution in [0.3, 0.4) is 0 Å². The number of para-hydroxylation sites is 1. The fraction of sp³-hybridized carbons (Fsp3) is 0.533. The molecule has 0 aromatic heterocycles. The van der Waals surface area contributed by atoms with E-state index in [0.29, 0.717) is 6.54 Å². The molecule has 1 atom stereocenters. The minimum absolute atomic E-state index is 0.0339. The zero-order valence-electron chi connectivity index (χ0n) is 12.2. The highest BCUT2D eigenvalue weighted by Crippen LogP contribution is 2.23. The van der Waals surface area contributed by atoms with Crippen LogP contribution in [0.4, 0.5) is 0 Å². The third-order valence-corrected chi connectivity index (χ3v) is 3.00. The maximum atomic E-state index is 11.4. The average molecular weight is 264 g/mol. The standard InChI is InChI=1S/C15H24N2O2/c1-11(2)15(18)17-10-9-16-12(3)13-7-5-6-8-14(13)19-4/h5-8,11-12,16H,9-10H2,1-4H3,(H,17,18). The maximum Gasteiger partial charge on any atom is 0.222 e. The predicted molar refractivity (Wildman–Crippen MR) is 77.3 cm³/mol. The van der Waals surface area contributed by atoms with Crippen LogP contribution in [-0.2, 0) is 4.79 Å². The minimum atomic E-state index is 0.0339. The highest BCUT2D eigenvalue weighted by atomic mass is 16.5. The number of hydrogen-bond acceptors (Lipinski definition) is 3. The van der Waals surface area contributed by atoms with Crippen molar-refractivity contribution in [3.63, 3.8) is 0 Å². The van der Waals surface area contributed by atoms with Crippen molar-refractivity contribution in [1.29, 1.82) is 0 Å². The molecule has 4 heteroatoms. The molecule has 2 N–H and O–H groups in total. The molecular formula is C15H24N2O2. The zero-order chi connectivity index (χ0) is 14.3. The van der Waals surface area contributed by atoms with Crippen molar-refractivity contribution in [1.82, 2.24) is 10.6 Å². The summed E-state index contributed by atoms with van der Waals surface area (Å²) >= 11 is 0. The number of amides is 1. The molecule has 0 aliphatic rings. The van der Waals surface area contributed by atoms with E-state index in [9.17, 15) is 4.79 Å². The molecule has 1 amide bonds. The molecule has 0 aliphatic heterocycles. The Balaban J connectivity index is 2.39. The van der Waals surface area contributed by atoms with Gasteiger partial charge in [0.2, 0.25) is 5.91 Å². The molecule has 1 unspecified atom stereocenters. The van der Waals surface area contributed by atoms with Gasteiger partial charge in [-0.05, 0) is 13.0 Å². The quantitative estimate of drug-likeness (QED) is 0.742. The Labute approximate surface area is 115 Å². The molecule has 1 aromatic rings. The van der Waals surface area contributed by atoms with Crippen molar-refractivity contribution < 1.29 is 9.53 Å². The molecule has 0 heterocycles. The van der Waals surface area contributed by atoms with Crippen molar-refractivity contribution >= 4 is 5.91 Å². The molecule has 0 saturated heterocycles. The third-order valence-electron chi connectivity index (χ3n) is 3.00. The Hall–Kier alpha value is -1.55. The van der Waals surface area contributed by atoms with E-state index in [1.165, 1.54) is 0 Å². The van der Waals surface area contributed by atoms with E-state index in [2.05, 4.69) is 17.6 Å². The molecule has 106 valence electrons. The van der Waals surface area contributed by atoms with Crippen molar-refractivity contribution in [3.8, 4) is 5.75 Å².